The van der Waals surface area contributed by atoms with Gasteiger partial charge in [0, 0.05) is 20.2 Å². The highest BCUT2D eigenvalue weighted by Crippen LogP contribution is 2.36. The first-order valence-electron chi connectivity index (χ1n) is 8.94. The molecule has 0 aliphatic heterocycles. The Morgan fingerprint density at radius 1 is 0.654 bits per heavy atom. The number of hydrogen-bond acceptors (Lipinski definition) is 1. The van der Waals surface area contributed by atoms with Crippen LogP contribution in [-0.2, 0) is 0 Å². The molecule has 0 radical (unpaired) electrons. The van der Waals surface area contributed by atoms with E-state index in [-0.39, 0.29) is 0 Å². The molecule has 5 rings (SSSR count). The molecule has 26 heavy (non-hydrogen) atoms. The normalized spacial score (nSPS) is 13.9. The highest BCUT2D eigenvalue weighted by Gasteiger charge is 2.07. The Morgan fingerprint density at radius 2 is 1.50 bits per heavy atom. The first-order chi connectivity index (χ1) is 12.9. The zero-order chi connectivity index (χ0) is 17.3. The summed E-state index contributed by atoms with van der Waals surface area (Å²) in [4.78, 5) is 0. The van der Waals surface area contributed by atoms with Crippen LogP contribution in [-0.4, -0.2) is 0 Å². The van der Waals surface area contributed by atoms with Crippen LogP contribution in [0.4, 0.5) is 0 Å². The fourth-order valence-electron chi connectivity index (χ4n) is 3.58. The maximum absolute atomic E-state index is 2.34. The summed E-state index contributed by atoms with van der Waals surface area (Å²) < 4.78 is 2.71. The van der Waals surface area contributed by atoms with E-state index in [1.54, 1.807) is 0 Å². The van der Waals surface area contributed by atoms with Crippen LogP contribution < -0.4 is 0 Å². The largest absolute Gasteiger partial charge is 0.135 e. The van der Waals surface area contributed by atoms with Gasteiger partial charge in [0.15, 0.2) is 0 Å². The van der Waals surface area contributed by atoms with E-state index in [9.17, 15) is 0 Å². The van der Waals surface area contributed by atoms with Crippen LogP contribution in [0.3, 0.4) is 0 Å². The maximum atomic E-state index is 2.34. The lowest BCUT2D eigenvalue weighted by Gasteiger charge is -2.07. The number of allylic oxidation sites excluding steroid dienone is 6. The zero-order valence-electron chi connectivity index (χ0n) is 14.4. The van der Waals surface area contributed by atoms with Gasteiger partial charge in [-0.15, -0.1) is 11.3 Å². The van der Waals surface area contributed by atoms with Gasteiger partial charge in [0.2, 0.25) is 0 Å². The summed E-state index contributed by atoms with van der Waals surface area (Å²) in [5.74, 6) is 0. The molecule has 0 unspecified atom stereocenters. The molecular weight excluding hydrogens is 332 g/mol. The van der Waals surface area contributed by atoms with Crippen LogP contribution in [0.15, 0.2) is 97.1 Å². The first-order valence-corrected chi connectivity index (χ1v) is 9.76. The zero-order valence-corrected chi connectivity index (χ0v) is 15.2. The van der Waals surface area contributed by atoms with Crippen molar-refractivity contribution < 1.29 is 0 Å². The van der Waals surface area contributed by atoms with Crippen LogP contribution >= 0.6 is 11.3 Å². The lowest BCUT2D eigenvalue weighted by atomic mass is 9.97. The predicted molar refractivity (Wildman–Crippen MR) is 116 cm³/mol. The third-order valence-electron chi connectivity index (χ3n) is 4.90. The fraction of sp³-hybridized carbons (Fsp3) is 0.0400. The maximum Gasteiger partial charge on any atom is 0.0355 e. The van der Waals surface area contributed by atoms with E-state index < -0.39 is 0 Å². The summed E-state index contributed by atoms with van der Waals surface area (Å²) in [7, 11) is 0. The SMILES string of the molecule is C1=CCC=C(c2cccc(-c3ccc4sc5ccccc5c4c3)c2)C=C1. The molecule has 0 spiro atoms. The van der Waals surface area contributed by atoms with Crippen LogP contribution in [0.25, 0.3) is 36.9 Å². The summed E-state index contributed by atoms with van der Waals surface area (Å²) in [5, 5.41) is 2.71. The van der Waals surface area contributed by atoms with E-state index >= 15 is 0 Å². The first kappa shape index (κ1) is 15.4. The van der Waals surface area contributed by atoms with Crippen molar-refractivity contribution in [3.05, 3.63) is 103 Å². The Morgan fingerprint density at radius 3 is 2.50 bits per heavy atom. The Labute approximate surface area is 157 Å². The number of thiophene rings is 1. The molecule has 1 heterocycles. The highest BCUT2D eigenvalue weighted by molar-refractivity contribution is 7.25. The number of fused-ring (bicyclic) bond motifs is 3. The second-order valence-corrected chi connectivity index (χ2v) is 7.66. The van der Waals surface area contributed by atoms with Gasteiger partial charge in [-0.1, -0.05) is 72.8 Å². The van der Waals surface area contributed by atoms with E-state index in [1.165, 1.54) is 42.4 Å². The van der Waals surface area contributed by atoms with Crippen LogP contribution in [0.2, 0.25) is 0 Å². The van der Waals surface area contributed by atoms with E-state index in [4.69, 9.17) is 0 Å². The van der Waals surface area contributed by atoms with E-state index in [1.807, 2.05) is 11.3 Å². The van der Waals surface area contributed by atoms with Gasteiger partial charge in [-0.2, -0.15) is 0 Å². The Kier molecular flexibility index (Phi) is 3.80. The standard InChI is InChI=1S/C25H18S/c1-2-4-9-18(8-3-1)19-10-7-11-20(16-19)21-14-15-25-23(17-21)22-12-5-6-13-24(22)26-25/h1-3,5-17H,4H2. The molecule has 1 aromatic heterocycles. The average Bonchev–Trinajstić information content (AvgIpc) is 2.86. The molecule has 4 aromatic rings. The number of benzene rings is 3. The lowest BCUT2D eigenvalue weighted by Crippen LogP contribution is -1.84. The Bertz CT molecular complexity index is 1200. The van der Waals surface area contributed by atoms with Crippen molar-refractivity contribution in [1.29, 1.82) is 0 Å². The molecule has 0 N–H and O–H groups in total. The third-order valence-corrected chi connectivity index (χ3v) is 6.05. The van der Waals surface area contributed by atoms with Crippen LogP contribution in [0.1, 0.15) is 12.0 Å². The lowest BCUT2D eigenvalue weighted by molar-refractivity contribution is 1.40. The van der Waals surface area contributed by atoms with Gasteiger partial charge in [0.1, 0.15) is 0 Å². The van der Waals surface area contributed by atoms with E-state index in [0.717, 1.165) is 6.42 Å². The second-order valence-electron chi connectivity index (χ2n) is 6.57. The monoisotopic (exact) mass is 350 g/mol. The molecule has 0 bridgehead atoms. The predicted octanol–water partition coefficient (Wildman–Crippen LogP) is 7.62. The molecule has 0 saturated carbocycles. The molecule has 1 aliphatic rings. The topological polar surface area (TPSA) is 0 Å². The van der Waals surface area contributed by atoms with Gasteiger partial charge in [-0.05, 0) is 52.9 Å². The molecule has 124 valence electrons. The van der Waals surface area contributed by atoms with Gasteiger partial charge in [0.25, 0.3) is 0 Å². The summed E-state index contributed by atoms with van der Waals surface area (Å²) in [6, 6.07) is 24.4. The fourth-order valence-corrected chi connectivity index (χ4v) is 4.66. The van der Waals surface area contributed by atoms with E-state index in [0.29, 0.717) is 0 Å². The number of rotatable bonds is 2. The van der Waals surface area contributed by atoms with Crippen molar-refractivity contribution in [3.63, 3.8) is 0 Å². The van der Waals surface area contributed by atoms with Crippen molar-refractivity contribution in [2.45, 2.75) is 6.42 Å². The van der Waals surface area contributed by atoms with Gasteiger partial charge in [0.05, 0.1) is 0 Å². The molecule has 0 saturated heterocycles. The average molecular weight is 350 g/mol. The smallest absolute Gasteiger partial charge is 0.0355 e. The molecule has 1 heteroatoms. The minimum Gasteiger partial charge on any atom is -0.135 e. The second kappa shape index (κ2) is 6.44. The third kappa shape index (κ3) is 2.71. The van der Waals surface area contributed by atoms with Crippen molar-refractivity contribution >= 4 is 37.1 Å². The molecule has 0 fully saturated rings. The van der Waals surface area contributed by atoms with Crippen LogP contribution in [0.5, 0.6) is 0 Å². The quantitative estimate of drug-likeness (QED) is 0.349. The summed E-state index contributed by atoms with van der Waals surface area (Å²) in [6.07, 6.45) is 11.9. The Balaban J connectivity index is 1.62. The van der Waals surface area contributed by atoms with E-state index in [2.05, 4.69) is 97.1 Å². The summed E-state index contributed by atoms with van der Waals surface area (Å²) in [5.41, 5.74) is 5.11. The van der Waals surface area contributed by atoms with Crippen molar-refractivity contribution in [2.75, 3.05) is 0 Å². The molecule has 3 aromatic carbocycles. The van der Waals surface area contributed by atoms with Crippen molar-refractivity contribution in [1.82, 2.24) is 0 Å². The molecular formula is C25H18S. The van der Waals surface area contributed by atoms with Gasteiger partial charge < -0.3 is 0 Å². The highest BCUT2D eigenvalue weighted by atomic mass is 32.1. The van der Waals surface area contributed by atoms with Crippen LogP contribution in [0, 0.1) is 0 Å². The molecule has 0 nitrogen and oxygen atoms in total. The summed E-state index contributed by atoms with van der Waals surface area (Å²) >= 11 is 1.87. The minimum atomic E-state index is 0.986. The number of hydrogen-bond donors (Lipinski definition) is 0. The molecule has 0 atom stereocenters. The van der Waals surface area contributed by atoms with Gasteiger partial charge >= 0.3 is 0 Å². The minimum absolute atomic E-state index is 0.986. The van der Waals surface area contributed by atoms with Crippen molar-refractivity contribution in [3.8, 4) is 11.1 Å². The van der Waals surface area contributed by atoms with Crippen molar-refractivity contribution in [2.24, 2.45) is 0 Å². The van der Waals surface area contributed by atoms with Gasteiger partial charge in [-0.3, -0.25) is 0 Å². The Hall–Kier alpha value is -2.90. The summed E-state index contributed by atoms with van der Waals surface area (Å²) in [6.45, 7) is 0. The van der Waals surface area contributed by atoms with Gasteiger partial charge in [-0.25, -0.2) is 0 Å². The molecule has 0 amide bonds. The molecule has 1 aliphatic carbocycles.